The number of thioether (sulfide) groups is 1. The summed E-state index contributed by atoms with van der Waals surface area (Å²) in [7, 11) is 0. The lowest BCUT2D eigenvalue weighted by atomic mass is 10.1. The first-order chi connectivity index (χ1) is 4.76. The maximum absolute atomic E-state index is 9.43. The van der Waals surface area contributed by atoms with Crippen molar-refractivity contribution in [3.63, 3.8) is 0 Å². The van der Waals surface area contributed by atoms with Gasteiger partial charge in [-0.25, -0.2) is 0 Å². The van der Waals surface area contributed by atoms with Crippen LogP contribution in [-0.2, 0) is 0 Å². The number of aliphatic hydroxyl groups is 1. The van der Waals surface area contributed by atoms with E-state index in [1.165, 1.54) is 0 Å². The Morgan fingerprint density at radius 2 is 1.80 bits per heavy atom. The second kappa shape index (κ2) is 6.05. The number of hydrogen-bond donors (Lipinski definition) is 1. The highest BCUT2D eigenvalue weighted by Crippen LogP contribution is 2.19. The minimum Gasteiger partial charge on any atom is -0.392 e. The van der Waals surface area contributed by atoms with Crippen LogP contribution >= 0.6 is 11.8 Å². The van der Waals surface area contributed by atoms with Crippen molar-refractivity contribution in [2.45, 2.75) is 45.0 Å². The Morgan fingerprint density at radius 3 is 2.10 bits per heavy atom. The van der Waals surface area contributed by atoms with Gasteiger partial charge in [-0.3, -0.25) is 0 Å². The van der Waals surface area contributed by atoms with Crippen molar-refractivity contribution >= 4 is 11.8 Å². The maximum Gasteiger partial charge on any atom is 0.0656 e. The fraction of sp³-hybridized carbons (Fsp3) is 1.00. The zero-order valence-corrected chi connectivity index (χ0v) is 7.95. The van der Waals surface area contributed by atoms with E-state index in [1.807, 2.05) is 18.7 Å². The van der Waals surface area contributed by atoms with Crippen molar-refractivity contribution in [3.8, 4) is 0 Å². The Hall–Kier alpha value is 0.310. The molecule has 0 aliphatic carbocycles. The highest BCUT2D eigenvalue weighted by atomic mass is 32.2. The van der Waals surface area contributed by atoms with Crippen LogP contribution in [0, 0.1) is 0 Å². The number of hydrogen-bond acceptors (Lipinski definition) is 2. The van der Waals surface area contributed by atoms with Crippen molar-refractivity contribution in [2.75, 3.05) is 5.75 Å². The molecule has 0 saturated heterocycles. The smallest absolute Gasteiger partial charge is 0.0656 e. The zero-order chi connectivity index (χ0) is 7.98. The molecule has 0 spiro atoms. The van der Waals surface area contributed by atoms with Crippen LogP contribution in [0.2, 0.25) is 0 Å². The molecular formula is C8H18OS. The lowest BCUT2D eigenvalue weighted by Gasteiger charge is -2.18. The van der Waals surface area contributed by atoms with Gasteiger partial charge in [0.1, 0.15) is 0 Å². The summed E-state index contributed by atoms with van der Waals surface area (Å²) in [6.45, 7) is 6.30. The third-order valence-corrected chi connectivity index (χ3v) is 3.04. The first-order valence-corrected chi connectivity index (χ1v) is 5.10. The molecule has 0 fully saturated rings. The van der Waals surface area contributed by atoms with Crippen molar-refractivity contribution in [1.82, 2.24) is 0 Å². The highest BCUT2D eigenvalue weighted by molar-refractivity contribution is 7.99. The molecule has 10 heavy (non-hydrogen) atoms. The predicted octanol–water partition coefficient (Wildman–Crippen LogP) is 2.29. The highest BCUT2D eigenvalue weighted by Gasteiger charge is 2.13. The molecule has 0 aromatic heterocycles. The monoisotopic (exact) mass is 162 g/mol. The molecule has 1 nitrogen and oxygen atoms in total. The minimum atomic E-state index is -0.102. The van der Waals surface area contributed by atoms with Gasteiger partial charge < -0.3 is 5.11 Å². The van der Waals surface area contributed by atoms with Gasteiger partial charge in [0.05, 0.1) is 6.10 Å². The Morgan fingerprint density at radius 1 is 1.20 bits per heavy atom. The Balaban J connectivity index is 3.56. The van der Waals surface area contributed by atoms with Crippen LogP contribution in [0.25, 0.3) is 0 Å². The Bertz CT molecular complexity index is 75.7. The van der Waals surface area contributed by atoms with Crippen LogP contribution in [0.1, 0.15) is 33.6 Å². The first kappa shape index (κ1) is 10.3. The van der Waals surface area contributed by atoms with Crippen LogP contribution in [-0.4, -0.2) is 22.2 Å². The lowest BCUT2D eigenvalue weighted by Crippen LogP contribution is -2.21. The lowest BCUT2D eigenvalue weighted by molar-refractivity contribution is 0.165. The van der Waals surface area contributed by atoms with Crippen LogP contribution in [0.5, 0.6) is 0 Å². The summed E-state index contributed by atoms with van der Waals surface area (Å²) in [6, 6.07) is 0. The van der Waals surface area contributed by atoms with E-state index < -0.39 is 0 Å². The number of rotatable bonds is 5. The van der Waals surface area contributed by atoms with Gasteiger partial charge in [-0.15, -0.1) is 0 Å². The topological polar surface area (TPSA) is 20.2 Å². The van der Waals surface area contributed by atoms with Crippen LogP contribution in [0.15, 0.2) is 0 Å². The number of aliphatic hydroxyl groups excluding tert-OH is 1. The van der Waals surface area contributed by atoms with E-state index in [0.29, 0.717) is 5.25 Å². The molecular weight excluding hydrogens is 144 g/mol. The van der Waals surface area contributed by atoms with E-state index in [9.17, 15) is 5.11 Å². The predicted molar refractivity (Wildman–Crippen MR) is 48.5 cm³/mol. The van der Waals surface area contributed by atoms with Gasteiger partial charge >= 0.3 is 0 Å². The average Bonchev–Trinajstić information content (AvgIpc) is 1.99. The average molecular weight is 162 g/mol. The van der Waals surface area contributed by atoms with E-state index in [-0.39, 0.29) is 6.10 Å². The molecule has 0 amide bonds. The summed E-state index contributed by atoms with van der Waals surface area (Å²) in [4.78, 5) is 0. The molecule has 0 aromatic carbocycles. The van der Waals surface area contributed by atoms with Gasteiger partial charge in [0.25, 0.3) is 0 Å². The summed E-state index contributed by atoms with van der Waals surface area (Å²) >= 11 is 1.86. The van der Waals surface area contributed by atoms with Gasteiger partial charge in [0.2, 0.25) is 0 Å². The molecule has 0 aliphatic heterocycles. The third-order valence-electron chi connectivity index (χ3n) is 1.63. The van der Waals surface area contributed by atoms with Crippen LogP contribution < -0.4 is 0 Å². The summed E-state index contributed by atoms with van der Waals surface area (Å²) in [5.74, 6) is 1.11. The standard InChI is InChI=1S/C8H18OS/c1-4-7(9)8(5-2)10-6-3/h7-9H,4-6H2,1-3H3/t7-,8-/m0/s1. The Labute approximate surface area is 68.2 Å². The molecule has 2 heteroatoms. The summed E-state index contributed by atoms with van der Waals surface area (Å²) in [5.41, 5.74) is 0. The normalized spacial score (nSPS) is 16.8. The molecule has 0 rings (SSSR count). The SMILES string of the molecule is CCS[C@@H](CC)[C@@H](O)CC. The molecule has 62 valence electrons. The van der Waals surface area contributed by atoms with E-state index >= 15 is 0 Å². The molecule has 1 N–H and O–H groups in total. The Kier molecular flexibility index (Phi) is 6.24. The second-order valence-electron chi connectivity index (χ2n) is 2.38. The third kappa shape index (κ3) is 3.47. The van der Waals surface area contributed by atoms with Crippen molar-refractivity contribution in [1.29, 1.82) is 0 Å². The largest absolute Gasteiger partial charge is 0.392 e. The quantitative estimate of drug-likeness (QED) is 0.669. The van der Waals surface area contributed by atoms with Gasteiger partial charge in [0.15, 0.2) is 0 Å². The van der Waals surface area contributed by atoms with Crippen LogP contribution in [0.3, 0.4) is 0 Å². The molecule has 2 atom stereocenters. The van der Waals surface area contributed by atoms with Crippen LogP contribution in [0.4, 0.5) is 0 Å². The molecule has 0 bridgehead atoms. The van der Waals surface area contributed by atoms with E-state index in [4.69, 9.17) is 0 Å². The van der Waals surface area contributed by atoms with E-state index in [1.54, 1.807) is 0 Å². The molecule has 0 unspecified atom stereocenters. The molecule has 0 aromatic rings. The van der Waals surface area contributed by atoms with Crippen molar-refractivity contribution in [2.24, 2.45) is 0 Å². The van der Waals surface area contributed by atoms with E-state index in [2.05, 4.69) is 13.8 Å². The fourth-order valence-electron chi connectivity index (χ4n) is 0.978. The zero-order valence-electron chi connectivity index (χ0n) is 7.13. The second-order valence-corrected chi connectivity index (χ2v) is 3.89. The summed E-state index contributed by atoms with van der Waals surface area (Å²) in [5, 5.41) is 9.88. The minimum absolute atomic E-state index is 0.102. The molecule has 0 heterocycles. The fourth-order valence-corrected chi connectivity index (χ4v) is 2.06. The maximum atomic E-state index is 9.43. The van der Waals surface area contributed by atoms with Gasteiger partial charge in [-0.1, -0.05) is 20.8 Å². The summed E-state index contributed by atoms with van der Waals surface area (Å²) < 4.78 is 0. The summed E-state index contributed by atoms with van der Waals surface area (Å²) in [6.07, 6.45) is 1.86. The molecule has 0 aliphatic rings. The van der Waals surface area contributed by atoms with Crippen molar-refractivity contribution < 1.29 is 5.11 Å². The van der Waals surface area contributed by atoms with E-state index in [0.717, 1.165) is 18.6 Å². The van der Waals surface area contributed by atoms with Crippen molar-refractivity contribution in [3.05, 3.63) is 0 Å². The van der Waals surface area contributed by atoms with Gasteiger partial charge in [-0.2, -0.15) is 11.8 Å². The molecule has 0 saturated carbocycles. The molecule has 0 radical (unpaired) electrons. The van der Waals surface area contributed by atoms with Gasteiger partial charge in [-0.05, 0) is 18.6 Å². The first-order valence-electron chi connectivity index (χ1n) is 4.05. The van der Waals surface area contributed by atoms with Gasteiger partial charge in [0, 0.05) is 5.25 Å².